The topological polar surface area (TPSA) is 61.9 Å². The van der Waals surface area contributed by atoms with Gasteiger partial charge in [-0.2, -0.15) is 0 Å². The Morgan fingerprint density at radius 2 is 1.77 bits per heavy atom. The summed E-state index contributed by atoms with van der Waals surface area (Å²) < 4.78 is 5.38. The number of anilines is 1. The summed E-state index contributed by atoms with van der Waals surface area (Å²) in [4.78, 5) is 28.1. The molecule has 1 aromatic rings. The Balaban J connectivity index is 1.78. The molecule has 0 aromatic heterocycles. The van der Waals surface area contributed by atoms with Gasteiger partial charge in [-0.1, -0.05) is 32.9 Å². The van der Waals surface area contributed by atoms with Crippen LogP contribution in [0.3, 0.4) is 0 Å². The summed E-state index contributed by atoms with van der Waals surface area (Å²) in [7, 11) is 1.80. The Kier molecular flexibility index (Phi) is 7.03. The minimum Gasteiger partial charge on any atom is -0.378 e. The van der Waals surface area contributed by atoms with Crippen LogP contribution in [0.5, 0.6) is 0 Å². The fourth-order valence-corrected chi connectivity index (χ4v) is 2.73. The zero-order chi connectivity index (χ0) is 19.2. The standard InChI is InChI=1S/C20H31N3O3/c1-20(2,3)19(25)21-10-9-18(24)22(4)15-16-5-7-17(8-6-16)23-11-13-26-14-12-23/h5-8H,9-15H2,1-4H3,(H,21,25). The van der Waals surface area contributed by atoms with Crippen molar-refractivity contribution in [2.24, 2.45) is 5.41 Å². The molecule has 144 valence electrons. The number of carbonyl (C=O) groups is 2. The van der Waals surface area contributed by atoms with Crippen LogP contribution in [0.1, 0.15) is 32.8 Å². The van der Waals surface area contributed by atoms with Gasteiger partial charge in [-0.15, -0.1) is 0 Å². The van der Waals surface area contributed by atoms with Crippen LogP contribution in [0, 0.1) is 5.41 Å². The van der Waals surface area contributed by atoms with Crippen molar-refractivity contribution in [1.29, 1.82) is 0 Å². The SMILES string of the molecule is CN(Cc1ccc(N2CCOCC2)cc1)C(=O)CCNC(=O)C(C)(C)C. The Morgan fingerprint density at radius 3 is 2.35 bits per heavy atom. The Bertz CT molecular complexity index is 602. The molecule has 1 N–H and O–H groups in total. The van der Waals surface area contributed by atoms with E-state index < -0.39 is 5.41 Å². The minimum absolute atomic E-state index is 0.0245. The zero-order valence-electron chi connectivity index (χ0n) is 16.4. The van der Waals surface area contributed by atoms with Gasteiger partial charge in [0.1, 0.15) is 0 Å². The van der Waals surface area contributed by atoms with Crippen LogP contribution in [-0.4, -0.2) is 56.6 Å². The van der Waals surface area contributed by atoms with Crippen molar-refractivity contribution in [2.75, 3.05) is 44.8 Å². The number of hydrogen-bond acceptors (Lipinski definition) is 4. The molecule has 1 aromatic carbocycles. The molecule has 1 fully saturated rings. The minimum atomic E-state index is -0.433. The molecule has 2 rings (SSSR count). The van der Waals surface area contributed by atoms with E-state index in [9.17, 15) is 9.59 Å². The molecule has 0 atom stereocenters. The first-order chi connectivity index (χ1) is 12.3. The summed E-state index contributed by atoms with van der Waals surface area (Å²) in [5, 5.41) is 2.81. The van der Waals surface area contributed by atoms with Crippen LogP contribution in [0.2, 0.25) is 0 Å². The first-order valence-corrected chi connectivity index (χ1v) is 9.21. The summed E-state index contributed by atoms with van der Waals surface area (Å²) in [5.74, 6) is -0.0110. The molecule has 0 spiro atoms. The van der Waals surface area contributed by atoms with Gasteiger partial charge in [-0.3, -0.25) is 9.59 Å². The van der Waals surface area contributed by atoms with E-state index in [2.05, 4.69) is 34.5 Å². The van der Waals surface area contributed by atoms with Crippen molar-refractivity contribution >= 4 is 17.5 Å². The number of amides is 2. The lowest BCUT2D eigenvalue weighted by Crippen LogP contribution is -2.37. The lowest BCUT2D eigenvalue weighted by atomic mass is 9.96. The highest BCUT2D eigenvalue weighted by Gasteiger charge is 2.21. The van der Waals surface area contributed by atoms with Crippen molar-refractivity contribution in [3.8, 4) is 0 Å². The second-order valence-corrected chi connectivity index (χ2v) is 7.77. The molecule has 6 nitrogen and oxygen atoms in total. The number of carbonyl (C=O) groups excluding carboxylic acids is 2. The molecule has 0 unspecified atom stereocenters. The Labute approximate surface area is 156 Å². The third-order valence-corrected chi connectivity index (χ3v) is 4.46. The molecule has 1 aliphatic heterocycles. The Hall–Kier alpha value is -2.08. The van der Waals surface area contributed by atoms with Crippen LogP contribution in [0.25, 0.3) is 0 Å². The van der Waals surface area contributed by atoms with Crippen LogP contribution >= 0.6 is 0 Å². The van der Waals surface area contributed by atoms with Crippen molar-refractivity contribution in [2.45, 2.75) is 33.7 Å². The normalized spacial score (nSPS) is 14.8. The highest BCUT2D eigenvalue weighted by Crippen LogP contribution is 2.17. The number of nitrogens with zero attached hydrogens (tertiary/aromatic N) is 2. The number of benzene rings is 1. The third kappa shape index (κ3) is 6.02. The molecule has 0 bridgehead atoms. The predicted octanol–water partition coefficient (Wildman–Crippen LogP) is 2.03. The molecule has 1 aliphatic rings. The van der Waals surface area contributed by atoms with Gasteiger partial charge in [0.2, 0.25) is 11.8 Å². The zero-order valence-corrected chi connectivity index (χ0v) is 16.4. The molecular formula is C20H31N3O3. The van der Waals surface area contributed by atoms with Gasteiger partial charge in [0.25, 0.3) is 0 Å². The van der Waals surface area contributed by atoms with Crippen molar-refractivity contribution in [3.63, 3.8) is 0 Å². The van der Waals surface area contributed by atoms with Crippen molar-refractivity contribution < 1.29 is 14.3 Å². The largest absolute Gasteiger partial charge is 0.378 e. The van der Waals surface area contributed by atoms with Crippen LogP contribution < -0.4 is 10.2 Å². The predicted molar refractivity (Wildman–Crippen MR) is 103 cm³/mol. The van der Waals surface area contributed by atoms with Crippen molar-refractivity contribution in [1.82, 2.24) is 10.2 Å². The van der Waals surface area contributed by atoms with Gasteiger partial charge in [0.05, 0.1) is 13.2 Å². The quantitative estimate of drug-likeness (QED) is 0.842. The summed E-state index contributed by atoms with van der Waals surface area (Å²) in [5.41, 5.74) is 1.85. The number of rotatable bonds is 6. The average molecular weight is 361 g/mol. The van der Waals surface area contributed by atoms with Gasteiger partial charge >= 0.3 is 0 Å². The smallest absolute Gasteiger partial charge is 0.225 e. The number of hydrogen-bond donors (Lipinski definition) is 1. The second kappa shape index (κ2) is 9.03. The van der Waals surface area contributed by atoms with Crippen LogP contribution in [0.15, 0.2) is 24.3 Å². The molecule has 6 heteroatoms. The van der Waals surface area contributed by atoms with Gasteiger partial charge in [0, 0.05) is 50.7 Å². The summed E-state index contributed by atoms with van der Waals surface area (Å²) >= 11 is 0. The molecule has 1 saturated heterocycles. The highest BCUT2D eigenvalue weighted by atomic mass is 16.5. The van der Waals surface area contributed by atoms with E-state index in [4.69, 9.17) is 4.74 Å². The van der Waals surface area contributed by atoms with E-state index in [1.54, 1.807) is 11.9 Å². The van der Waals surface area contributed by atoms with Gasteiger partial charge < -0.3 is 19.9 Å². The summed E-state index contributed by atoms with van der Waals surface area (Å²) in [6, 6.07) is 8.33. The van der Waals surface area contributed by atoms with E-state index in [0.29, 0.717) is 19.5 Å². The molecule has 1 heterocycles. The van der Waals surface area contributed by atoms with E-state index in [1.807, 2.05) is 20.8 Å². The van der Waals surface area contributed by atoms with E-state index in [-0.39, 0.29) is 11.8 Å². The van der Waals surface area contributed by atoms with E-state index in [0.717, 1.165) is 31.9 Å². The van der Waals surface area contributed by atoms with Crippen molar-refractivity contribution in [3.05, 3.63) is 29.8 Å². The van der Waals surface area contributed by atoms with Gasteiger partial charge in [0.15, 0.2) is 0 Å². The van der Waals surface area contributed by atoms with Crippen LogP contribution in [-0.2, 0) is 20.9 Å². The maximum absolute atomic E-state index is 12.2. The first-order valence-electron chi connectivity index (χ1n) is 9.21. The van der Waals surface area contributed by atoms with Gasteiger partial charge in [-0.05, 0) is 17.7 Å². The molecule has 0 radical (unpaired) electrons. The van der Waals surface area contributed by atoms with E-state index in [1.165, 1.54) is 5.69 Å². The average Bonchev–Trinajstić information content (AvgIpc) is 2.62. The maximum atomic E-state index is 12.2. The van der Waals surface area contributed by atoms with Gasteiger partial charge in [-0.25, -0.2) is 0 Å². The third-order valence-electron chi connectivity index (χ3n) is 4.46. The maximum Gasteiger partial charge on any atom is 0.225 e. The first kappa shape index (κ1) is 20.2. The van der Waals surface area contributed by atoms with E-state index >= 15 is 0 Å². The molecule has 0 saturated carbocycles. The lowest BCUT2D eigenvalue weighted by molar-refractivity contribution is -0.131. The second-order valence-electron chi connectivity index (χ2n) is 7.77. The highest BCUT2D eigenvalue weighted by molar-refractivity contribution is 5.82. The molecular weight excluding hydrogens is 330 g/mol. The fraction of sp³-hybridized carbons (Fsp3) is 0.600. The summed E-state index contributed by atoms with van der Waals surface area (Å²) in [6.45, 7) is 9.88. The van der Waals surface area contributed by atoms with Crippen LogP contribution in [0.4, 0.5) is 5.69 Å². The monoisotopic (exact) mass is 361 g/mol. The number of morpholine rings is 1. The molecule has 2 amide bonds. The molecule has 26 heavy (non-hydrogen) atoms. The summed E-state index contributed by atoms with van der Waals surface area (Å²) in [6.07, 6.45) is 0.310. The lowest BCUT2D eigenvalue weighted by Gasteiger charge is -2.29. The number of nitrogens with one attached hydrogen (secondary N) is 1. The molecule has 0 aliphatic carbocycles. The Morgan fingerprint density at radius 1 is 1.15 bits per heavy atom. The fourth-order valence-electron chi connectivity index (χ4n) is 2.73. The number of ether oxygens (including phenoxy) is 1.